The molecule has 0 spiro atoms. The third kappa shape index (κ3) is 5.91. The average Bonchev–Trinajstić information content (AvgIpc) is 2.85. The van der Waals surface area contributed by atoms with Crippen molar-refractivity contribution in [2.24, 2.45) is 5.92 Å². The normalized spacial score (nSPS) is 20.6. The zero-order valence-corrected chi connectivity index (χ0v) is 20.9. The molecule has 4 heterocycles. The Hall–Kier alpha value is -3.73. The number of carbonyl (C=O) groups excluding carboxylic acids is 2. The van der Waals surface area contributed by atoms with Gasteiger partial charge in [-0.25, -0.2) is 14.8 Å². The van der Waals surface area contributed by atoms with E-state index in [1.165, 1.54) is 6.20 Å². The van der Waals surface area contributed by atoms with Crippen LogP contribution in [0.15, 0.2) is 30.6 Å². The summed E-state index contributed by atoms with van der Waals surface area (Å²) in [4.78, 5) is 51.9. The third-order valence-corrected chi connectivity index (χ3v) is 6.82. The van der Waals surface area contributed by atoms with Gasteiger partial charge >= 0.3 is 17.9 Å². The number of anilines is 3. The Labute approximate surface area is 210 Å². The van der Waals surface area contributed by atoms with Gasteiger partial charge in [-0.15, -0.1) is 0 Å². The first-order chi connectivity index (χ1) is 17.2. The van der Waals surface area contributed by atoms with Crippen molar-refractivity contribution in [2.45, 2.75) is 32.7 Å². The number of likely N-dealkylation sites (N-methyl/N-ethyl adjacent to an activating group) is 1. The van der Waals surface area contributed by atoms with E-state index >= 15 is 0 Å². The molecule has 2 aliphatic rings. The molecule has 0 aromatic carbocycles. The molecule has 2 aliphatic heterocycles. The van der Waals surface area contributed by atoms with Crippen LogP contribution in [0.3, 0.4) is 0 Å². The van der Waals surface area contributed by atoms with Crippen LogP contribution in [-0.2, 0) is 9.59 Å². The van der Waals surface area contributed by atoms with Crippen LogP contribution in [-0.4, -0.2) is 82.6 Å². The highest BCUT2D eigenvalue weighted by atomic mass is 16.4. The smallest absolute Gasteiger partial charge is 0.410 e. The molecule has 0 aliphatic carbocycles. The van der Waals surface area contributed by atoms with E-state index in [2.05, 4.69) is 44.4 Å². The molecule has 3 N–H and O–H groups in total. The molecule has 2 fully saturated rings. The van der Waals surface area contributed by atoms with Gasteiger partial charge in [0.25, 0.3) is 0 Å². The van der Waals surface area contributed by atoms with Gasteiger partial charge in [0, 0.05) is 38.9 Å². The maximum Gasteiger partial charge on any atom is 0.410 e. The molecular formula is C25H33N7O4. The summed E-state index contributed by atoms with van der Waals surface area (Å²) >= 11 is 0. The van der Waals surface area contributed by atoms with E-state index in [1.807, 2.05) is 18.3 Å². The summed E-state index contributed by atoms with van der Waals surface area (Å²) in [5, 5.41) is 13.7. The minimum atomic E-state index is -1.23. The molecule has 11 heteroatoms. The first-order valence-corrected chi connectivity index (χ1v) is 12.2. The number of rotatable bonds is 4. The first kappa shape index (κ1) is 25.4. The molecule has 2 aromatic heterocycles. The second-order valence-electron chi connectivity index (χ2n) is 9.67. The van der Waals surface area contributed by atoms with Gasteiger partial charge < -0.3 is 25.1 Å². The van der Waals surface area contributed by atoms with Gasteiger partial charge in [0.1, 0.15) is 11.6 Å². The lowest BCUT2D eigenvalue weighted by Gasteiger charge is -2.38. The number of piperidine rings is 1. The van der Waals surface area contributed by atoms with Crippen molar-refractivity contribution in [3.05, 3.63) is 41.7 Å². The molecule has 11 nitrogen and oxygen atoms in total. The van der Waals surface area contributed by atoms with Crippen molar-refractivity contribution in [2.75, 3.05) is 55.3 Å². The Morgan fingerprint density at radius 3 is 2.42 bits per heavy atom. The zero-order valence-electron chi connectivity index (χ0n) is 20.9. The third-order valence-electron chi connectivity index (χ3n) is 6.82. The number of carboxylic acid groups (broad SMARTS) is 1. The van der Waals surface area contributed by atoms with Crippen LogP contribution in [0.4, 0.5) is 22.1 Å². The standard InChI is InChI=1S/C25H33N7O4/c1-16-4-6-20(18-5-7-21(26-13-18)31-10-8-30(3)9-11-31)32(15-16)24(34)23(33)28-19-12-17(2)22(27-14-19)29-25(35)36/h5,7,12-14,16,20H,4,6,8-11,15H2,1-3H3,(H,27,29)(H,28,33)(H,35,36). The Morgan fingerprint density at radius 1 is 1.03 bits per heavy atom. The van der Waals surface area contributed by atoms with E-state index in [1.54, 1.807) is 17.9 Å². The number of hydrogen-bond donors (Lipinski definition) is 3. The van der Waals surface area contributed by atoms with E-state index in [0.717, 1.165) is 50.4 Å². The van der Waals surface area contributed by atoms with Crippen molar-refractivity contribution in [3.8, 4) is 0 Å². The molecule has 36 heavy (non-hydrogen) atoms. The molecule has 2 unspecified atom stereocenters. The van der Waals surface area contributed by atoms with Crippen molar-refractivity contribution in [1.29, 1.82) is 0 Å². The fraction of sp³-hybridized carbons (Fsp3) is 0.480. The number of nitrogens with zero attached hydrogens (tertiary/aromatic N) is 5. The number of amides is 3. The molecule has 2 aromatic rings. The summed E-state index contributed by atoms with van der Waals surface area (Å²) < 4.78 is 0. The minimum absolute atomic E-state index is 0.171. The van der Waals surface area contributed by atoms with Gasteiger partial charge in [0.15, 0.2) is 0 Å². The van der Waals surface area contributed by atoms with E-state index in [-0.39, 0.29) is 17.8 Å². The highest BCUT2D eigenvalue weighted by molar-refractivity contribution is 6.39. The van der Waals surface area contributed by atoms with E-state index < -0.39 is 17.9 Å². The summed E-state index contributed by atoms with van der Waals surface area (Å²) in [7, 11) is 2.11. The Balaban J connectivity index is 1.46. The van der Waals surface area contributed by atoms with Crippen LogP contribution in [0.2, 0.25) is 0 Å². The number of aryl methyl sites for hydroxylation is 1. The molecule has 192 valence electrons. The fourth-order valence-electron chi connectivity index (χ4n) is 4.73. The molecule has 0 saturated carbocycles. The summed E-state index contributed by atoms with van der Waals surface area (Å²) in [5.41, 5.74) is 1.77. The van der Waals surface area contributed by atoms with E-state index in [0.29, 0.717) is 17.8 Å². The highest BCUT2D eigenvalue weighted by Gasteiger charge is 2.34. The second kappa shape index (κ2) is 10.9. The number of carbonyl (C=O) groups is 3. The predicted octanol–water partition coefficient (Wildman–Crippen LogP) is 2.57. The summed E-state index contributed by atoms with van der Waals surface area (Å²) in [6, 6.07) is 5.36. The topological polar surface area (TPSA) is 131 Å². The SMILES string of the molecule is Cc1cc(NC(=O)C(=O)N2CC(C)CCC2c2ccc(N3CCN(C)CC3)nc2)cnc1NC(=O)O. The summed E-state index contributed by atoms with van der Waals surface area (Å²) in [6.45, 7) is 8.06. The van der Waals surface area contributed by atoms with E-state index in [4.69, 9.17) is 5.11 Å². The van der Waals surface area contributed by atoms with Gasteiger partial charge in [-0.2, -0.15) is 0 Å². The molecular weight excluding hydrogens is 462 g/mol. The van der Waals surface area contributed by atoms with Gasteiger partial charge in [0.2, 0.25) is 0 Å². The quantitative estimate of drug-likeness (QED) is 0.552. The van der Waals surface area contributed by atoms with Crippen molar-refractivity contribution in [3.63, 3.8) is 0 Å². The summed E-state index contributed by atoms with van der Waals surface area (Å²) in [6.07, 6.45) is 3.63. The molecule has 2 saturated heterocycles. The number of pyridine rings is 2. The Kier molecular flexibility index (Phi) is 7.68. The molecule has 3 amide bonds. The van der Waals surface area contributed by atoms with Crippen LogP contribution in [0, 0.1) is 12.8 Å². The monoisotopic (exact) mass is 495 g/mol. The maximum atomic E-state index is 13.2. The fourth-order valence-corrected chi connectivity index (χ4v) is 4.73. The number of hydrogen-bond acceptors (Lipinski definition) is 7. The van der Waals surface area contributed by atoms with Gasteiger partial charge in [0.05, 0.1) is 17.9 Å². The van der Waals surface area contributed by atoms with Crippen molar-refractivity contribution >= 4 is 35.2 Å². The van der Waals surface area contributed by atoms with Crippen LogP contribution in [0.1, 0.15) is 36.9 Å². The average molecular weight is 496 g/mol. The van der Waals surface area contributed by atoms with E-state index in [9.17, 15) is 14.4 Å². The van der Waals surface area contributed by atoms with Crippen LogP contribution in [0.25, 0.3) is 0 Å². The van der Waals surface area contributed by atoms with Crippen LogP contribution >= 0.6 is 0 Å². The first-order valence-electron chi connectivity index (χ1n) is 12.2. The molecule has 0 bridgehead atoms. The van der Waals surface area contributed by atoms with Crippen LogP contribution < -0.4 is 15.5 Å². The van der Waals surface area contributed by atoms with Crippen molar-refractivity contribution in [1.82, 2.24) is 19.8 Å². The van der Waals surface area contributed by atoms with Gasteiger partial charge in [-0.05, 0) is 56.0 Å². The maximum absolute atomic E-state index is 13.2. The molecule has 0 radical (unpaired) electrons. The number of piperazine rings is 1. The summed E-state index contributed by atoms with van der Waals surface area (Å²) in [5.74, 6) is 0.0109. The number of likely N-dealkylation sites (tertiary alicyclic amines) is 1. The lowest BCUT2D eigenvalue weighted by molar-refractivity contribution is -0.146. The number of nitrogens with one attached hydrogen (secondary N) is 2. The number of aromatic nitrogens is 2. The van der Waals surface area contributed by atoms with Crippen molar-refractivity contribution < 1.29 is 19.5 Å². The second-order valence-corrected chi connectivity index (χ2v) is 9.67. The lowest BCUT2D eigenvalue weighted by atomic mass is 9.90. The zero-order chi connectivity index (χ0) is 25.8. The van der Waals surface area contributed by atoms with Gasteiger partial charge in [-0.3, -0.25) is 14.9 Å². The molecule has 2 atom stereocenters. The largest absolute Gasteiger partial charge is 0.465 e. The lowest BCUT2D eigenvalue weighted by Crippen LogP contribution is -2.46. The Morgan fingerprint density at radius 2 is 1.78 bits per heavy atom. The van der Waals surface area contributed by atoms with Gasteiger partial charge in [-0.1, -0.05) is 13.0 Å². The minimum Gasteiger partial charge on any atom is -0.465 e. The Bertz CT molecular complexity index is 1120. The predicted molar refractivity (Wildman–Crippen MR) is 136 cm³/mol. The highest BCUT2D eigenvalue weighted by Crippen LogP contribution is 2.34. The van der Waals surface area contributed by atoms with Crippen LogP contribution in [0.5, 0.6) is 0 Å². The molecule has 4 rings (SSSR count).